The first kappa shape index (κ1) is 23.7. The molecule has 0 amide bonds. The third kappa shape index (κ3) is 6.76. The summed E-state index contributed by atoms with van der Waals surface area (Å²) in [5.41, 5.74) is 0.811. The second-order valence-corrected chi connectivity index (χ2v) is 7.62. The minimum absolute atomic E-state index is 0.0859. The highest BCUT2D eigenvalue weighted by Crippen LogP contribution is 2.36. The Morgan fingerprint density at radius 1 is 1.20 bits per heavy atom. The standard InChI is InChI=1S/C21H29BO8/c1-5-6-9-17(23)12-16-11-15-8-7-10-18(19(15)30-22(16)26)20(24)28-14(4)29-21(25)27-13(2)3/h7-8,10,13-14,16,26H,5-6,9,11-12H2,1-4H3/t14?,16-/m1/s1. The van der Waals surface area contributed by atoms with Gasteiger partial charge in [-0.25, -0.2) is 9.59 Å². The molecule has 0 aliphatic carbocycles. The summed E-state index contributed by atoms with van der Waals surface area (Å²) in [6.07, 6.45) is 0.385. The number of hydrogen-bond donors (Lipinski definition) is 1. The van der Waals surface area contributed by atoms with Gasteiger partial charge in [-0.2, -0.15) is 0 Å². The van der Waals surface area contributed by atoms with Crippen molar-refractivity contribution in [1.29, 1.82) is 0 Å². The monoisotopic (exact) mass is 420 g/mol. The highest BCUT2D eigenvalue weighted by atomic mass is 16.8. The van der Waals surface area contributed by atoms with Gasteiger partial charge in [0, 0.05) is 25.6 Å². The first-order chi connectivity index (χ1) is 14.2. The molecule has 1 N–H and O–H groups in total. The number of esters is 1. The van der Waals surface area contributed by atoms with E-state index in [1.54, 1.807) is 26.0 Å². The third-order valence-electron chi connectivity index (χ3n) is 4.61. The molecule has 0 aromatic heterocycles. The molecule has 1 aliphatic rings. The van der Waals surface area contributed by atoms with E-state index in [0.29, 0.717) is 18.4 Å². The van der Waals surface area contributed by atoms with E-state index in [-0.39, 0.29) is 35.4 Å². The molecule has 0 bridgehead atoms. The maximum Gasteiger partial charge on any atom is 0.526 e. The Morgan fingerprint density at radius 2 is 1.93 bits per heavy atom. The Bertz CT molecular complexity index is 763. The molecule has 8 nitrogen and oxygen atoms in total. The van der Waals surface area contributed by atoms with Gasteiger partial charge in [0.1, 0.15) is 17.1 Å². The van der Waals surface area contributed by atoms with Gasteiger partial charge in [0.2, 0.25) is 6.29 Å². The van der Waals surface area contributed by atoms with Crippen molar-refractivity contribution in [2.24, 2.45) is 0 Å². The summed E-state index contributed by atoms with van der Waals surface area (Å²) in [7, 11) is -1.20. The zero-order valence-corrected chi connectivity index (χ0v) is 17.9. The molecule has 1 aromatic carbocycles. The average Bonchev–Trinajstić information content (AvgIpc) is 2.65. The van der Waals surface area contributed by atoms with Gasteiger partial charge in [-0.15, -0.1) is 0 Å². The summed E-state index contributed by atoms with van der Waals surface area (Å²) in [6, 6.07) is 4.95. The minimum atomic E-state index is -1.20. The number of unbranched alkanes of at least 4 members (excludes halogenated alkanes) is 1. The Balaban J connectivity index is 2.04. The van der Waals surface area contributed by atoms with Crippen molar-refractivity contribution >= 4 is 25.0 Å². The van der Waals surface area contributed by atoms with Gasteiger partial charge in [-0.3, -0.25) is 4.79 Å². The first-order valence-corrected chi connectivity index (χ1v) is 10.3. The number of hydrogen-bond acceptors (Lipinski definition) is 8. The van der Waals surface area contributed by atoms with Gasteiger partial charge < -0.3 is 23.9 Å². The van der Waals surface area contributed by atoms with E-state index in [2.05, 4.69) is 0 Å². The van der Waals surface area contributed by atoms with E-state index in [1.165, 1.54) is 13.0 Å². The summed E-state index contributed by atoms with van der Waals surface area (Å²) in [6.45, 7) is 6.74. The quantitative estimate of drug-likeness (QED) is 0.366. The van der Waals surface area contributed by atoms with Crippen LogP contribution < -0.4 is 4.65 Å². The molecule has 2 rings (SSSR count). The van der Waals surface area contributed by atoms with Crippen molar-refractivity contribution in [3.05, 3.63) is 29.3 Å². The van der Waals surface area contributed by atoms with Gasteiger partial charge in [0.25, 0.3) is 0 Å². The highest BCUT2D eigenvalue weighted by Gasteiger charge is 2.38. The second-order valence-electron chi connectivity index (χ2n) is 7.62. The number of carbonyl (C=O) groups is 3. The van der Waals surface area contributed by atoms with Crippen LogP contribution in [0.15, 0.2) is 18.2 Å². The molecular weight excluding hydrogens is 391 g/mol. The number of Topliss-reactive ketones (excluding diaryl/α,β-unsaturated/α-hetero) is 1. The topological polar surface area (TPSA) is 108 Å². The lowest BCUT2D eigenvalue weighted by molar-refractivity contribution is -0.119. The van der Waals surface area contributed by atoms with Crippen LogP contribution >= 0.6 is 0 Å². The van der Waals surface area contributed by atoms with Gasteiger partial charge in [-0.1, -0.05) is 25.5 Å². The largest absolute Gasteiger partial charge is 0.535 e. The molecule has 0 spiro atoms. The summed E-state index contributed by atoms with van der Waals surface area (Å²) in [5.74, 6) is -0.838. The lowest BCUT2D eigenvalue weighted by Crippen LogP contribution is -2.36. The van der Waals surface area contributed by atoms with Crippen molar-refractivity contribution in [3.63, 3.8) is 0 Å². The fourth-order valence-electron chi connectivity index (χ4n) is 3.18. The van der Waals surface area contributed by atoms with E-state index in [4.69, 9.17) is 18.9 Å². The molecule has 1 heterocycles. The lowest BCUT2D eigenvalue weighted by Gasteiger charge is -2.28. The number of para-hydroxylation sites is 1. The van der Waals surface area contributed by atoms with Crippen molar-refractivity contribution in [3.8, 4) is 5.75 Å². The van der Waals surface area contributed by atoms with Crippen molar-refractivity contribution < 1.29 is 38.3 Å². The second kappa shape index (κ2) is 11.0. The number of carbonyl (C=O) groups excluding carboxylic acids is 3. The van der Waals surface area contributed by atoms with Crippen LogP contribution in [0.5, 0.6) is 5.75 Å². The van der Waals surface area contributed by atoms with Crippen LogP contribution in [0.25, 0.3) is 0 Å². The first-order valence-electron chi connectivity index (χ1n) is 10.3. The predicted octanol–water partition coefficient (Wildman–Crippen LogP) is 3.69. The van der Waals surface area contributed by atoms with Crippen LogP contribution in [0.2, 0.25) is 5.82 Å². The van der Waals surface area contributed by atoms with E-state index in [1.807, 2.05) is 6.92 Å². The van der Waals surface area contributed by atoms with Crippen LogP contribution in [-0.4, -0.2) is 42.4 Å². The van der Waals surface area contributed by atoms with Crippen LogP contribution in [0.1, 0.15) is 69.3 Å². The molecule has 1 aliphatic heterocycles. The highest BCUT2D eigenvalue weighted by molar-refractivity contribution is 6.47. The molecule has 30 heavy (non-hydrogen) atoms. The lowest BCUT2D eigenvalue weighted by atomic mass is 9.64. The predicted molar refractivity (Wildman–Crippen MR) is 109 cm³/mol. The number of fused-ring (bicyclic) bond motifs is 1. The summed E-state index contributed by atoms with van der Waals surface area (Å²) in [4.78, 5) is 36.2. The zero-order chi connectivity index (χ0) is 22.3. The average molecular weight is 420 g/mol. The van der Waals surface area contributed by atoms with Gasteiger partial charge in [0.05, 0.1) is 6.10 Å². The van der Waals surface area contributed by atoms with Gasteiger partial charge >= 0.3 is 19.2 Å². The van der Waals surface area contributed by atoms with Gasteiger partial charge in [-0.05, 0) is 38.3 Å². The van der Waals surface area contributed by atoms with Crippen LogP contribution in [0.4, 0.5) is 4.79 Å². The molecule has 9 heteroatoms. The molecule has 164 valence electrons. The summed E-state index contributed by atoms with van der Waals surface area (Å²) in [5, 5.41) is 10.4. The number of ether oxygens (including phenoxy) is 3. The van der Waals surface area contributed by atoms with Crippen molar-refractivity contribution in [2.45, 2.75) is 78.0 Å². The summed E-state index contributed by atoms with van der Waals surface area (Å²) >= 11 is 0. The maximum atomic E-state index is 12.5. The Morgan fingerprint density at radius 3 is 2.60 bits per heavy atom. The number of benzene rings is 1. The normalized spacial score (nSPS) is 16.3. The van der Waals surface area contributed by atoms with E-state index in [9.17, 15) is 19.4 Å². The zero-order valence-electron chi connectivity index (χ0n) is 17.9. The van der Waals surface area contributed by atoms with Crippen LogP contribution in [0.3, 0.4) is 0 Å². The fraction of sp³-hybridized carbons (Fsp3) is 0.571. The van der Waals surface area contributed by atoms with Crippen molar-refractivity contribution in [1.82, 2.24) is 0 Å². The molecule has 1 unspecified atom stereocenters. The molecule has 0 saturated carbocycles. The maximum absolute atomic E-state index is 12.5. The van der Waals surface area contributed by atoms with Crippen molar-refractivity contribution in [2.75, 3.05) is 0 Å². The Hall–Kier alpha value is -2.55. The SMILES string of the molecule is CCCCC(=O)C[C@H]1Cc2cccc(C(=O)OC(C)OC(=O)OC(C)C)c2OB1O. The fourth-order valence-corrected chi connectivity index (χ4v) is 3.18. The molecule has 1 aromatic rings. The Labute approximate surface area is 177 Å². The molecule has 0 radical (unpaired) electrons. The molecule has 0 fully saturated rings. The minimum Gasteiger partial charge on any atom is -0.535 e. The smallest absolute Gasteiger partial charge is 0.526 e. The van der Waals surface area contributed by atoms with Crippen LogP contribution in [0, 0.1) is 0 Å². The van der Waals surface area contributed by atoms with E-state index in [0.717, 1.165) is 12.8 Å². The summed E-state index contributed by atoms with van der Waals surface area (Å²) < 4.78 is 20.5. The number of ketones is 1. The Kier molecular flexibility index (Phi) is 8.71. The molecule has 2 atom stereocenters. The third-order valence-corrected chi connectivity index (χ3v) is 4.61. The van der Waals surface area contributed by atoms with E-state index >= 15 is 0 Å². The van der Waals surface area contributed by atoms with E-state index < -0.39 is 25.5 Å². The number of rotatable bonds is 9. The van der Waals surface area contributed by atoms with Gasteiger partial charge in [0.15, 0.2) is 0 Å². The van der Waals surface area contributed by atoms with Crippen LogP contribution in [-0.2, 0) is 25.4 Å². The molecule has 0 saturated heterocycles. The molecular formula is C21H29BO8.